The number of unbranched alkanes of at least 4 members (excludes halogenated alkanes) is 1. The van der Waals surface area contributed by atoms with Gasteiger partial charge in [-0.25, -0.2) is 4.79 Å². The largest absolute Gasteiger partial charge is 0.481 e. The lowest BCUT2D eigenvalue weighted by atomic mass is 10.0. The standard InChI is InChI=1S/C25H36N6O7/c1-14(29-23(35)17(27)12-15-13-28-18-7-3-2-6-16(15)18)22(34)30-19(9-10-21(32)33)24(36)31-20(25(37)38)8-4-5-11-26/h2-3,6-7,13-14,17,19-20,28H,4-5,8-12,26-27H2,1H3,(H,29,35)(H,30,34)(H,31,36)(H,32,33)(H,37,38). The third kappa shape index (κ3) is 9.16. The van der Waals surface area contributed by atoms with Gasteiger partial charge in [0, 0.05) is 23.5 Å². The summed E-state index contributed by atoms with van der Waals surface area (Å²) < 4.78 is 0. The van der Waals surface area contributed by atoms with E-state index >= 15 is 0 Å². The van der Waals surface area contributed by atoms with Gasteiger partial charge in [-0.1, -0.05) is 18.2 Å². The van der Waals surface area contributed by atoms with Crippen LogP contribution in [0.1, 0.15) is 44.6 Å². The van der Waals surface area contributed by atoms with E-state index in [1.54, 1.807) is 6.20 Å². The fourth-order valence-corrected chi connectivity index (χ4v) is 3.87. The third-order valence-corrected chi connectivity index (χ3v) is 6.04. The summed E-state index contributed by atoms with van der Waals surface area (Å²) in [5, 5.41) is 26.6. The molecule has 0 saturated heterocycles. The number of aliphatic carboxylic acids is 2. The summed E-state index contributed by atoms with van der Waals surface area (Å²) in [7, 11) is 0. The lowest BCUT2D eigenvalue weighted by molar-refractivity contribution is -0.143. The molecule has 0 aliphatic heterocycles. The van der Waals surface area contributed by atoms with Gasteiger partial charge in [-0.15, -0.1) is 0 Å². The van der Waals surface area contributed by atoms with Crippen LogP contribution in [0.3, 0.4) is 0 Å². The van der Waals surface area contributed by atoms with Gasteiger partial charge in [0.25, 0.3) is 0 Å². The topological polar surface area (TPSA) is 230 Å². The molecule has 208 valence electrons. The fourth-order valence-electron chi connectivity index (χ4n) is 3.87. The number of rotatable bonds is 16. The van der Waals surface area contributed by atoms with Gasteiger partial charge < -0.3 is 42.6 Å². The van der Waals surface area contributed by atoms with Crippen LogP contribution in [-0.4, -0.2) is 75.6 Å². The van der Waals surface area contributed by atoms with Crippen LogP contribution in [0.5, 0.6) is 0 Å². The summed E-state index contributed by atoms with van der Waals surface area (Å²) in [5.74, 6) is -4.63. The first-order valence-electron chi connectivity index (χ1n) is 12.4. The normalized spacial score (nSPS) is 14.2. The zero-order valence-corrected chi connectivity index (χ0v) is 21.2. The Labute approximate surface area is 219 Å². The zero-order valence-electron chi connectivity index (χ0n) is 21.2. The first-order valence-corrected chi connectivity index (χ1v) is 12.4. The van der Waals surface area contributed by atoms with Crippen LogP contribution < -0.4 is 27.4 Å². The molecule has 2 aromatic rings. The zero-order chi connectivity index (χ0) is 28.2. The molecule has 10 N–H and O–H groups in total. The van der Waals surface area contributed by atoms with Gasteiger partial charge in [-0.2, -0.15) is 0 Å². The van der Waals surface area contributed by atoms with E-state index < -0.39 is 60.2 Å². The number of nitrogens with one attached hydrogen (secondary N) is 4. The highest BCUT2D eigenvalue weighted by Crippen LogP contribution is 2.18. The van der Waals surface area contributed by atoms with E-state index in [4.69, 9.17) is 16.6 Å². The highest BCUT2D eigenvalue weighted by molar-refractivity contribution is 5.94. The Morgan fingerprint density at radius 3 is 2.26 bits per heavy atom. The maximum absolute atomic E-state index is 12.8. The predicted octanol–water partition coefficient (Wildman–Crippen LogP) is -0.410. The van der Waals surface area contributed by atoms with Crippen LogP contribution >= 0.6 is 0 Å². The number of benzene rings is 1. The Morgan fingerprint density at radius 1 is 0.921 bits per heavy atom. The van der Waals surface area contributed by atoms with E-state index in [0.29, 0.717) is 19.4 Å². The van der Waals surface area contributed by atoms with Crippen molar-refractivity contribution in [1.29, 1.82) is 0 Å². The lowest BCUT2D eigenvalue weighted by Crippen LogP contribution is -2.56. The second kappa shape index (κ2) is 14.7. The lowest BCUT2D eigenvalue weighted by Gasteiger charge is -2.23. The maximum Gasteiger partial charge on any atom is 0.326 e. The van der Waals surface area contributed by atoms with Crippen LogP contribution in [0, 0.1) is 0 Å². The minimum absolute atomic E-state index is 0.124. The van der Waals surface area contributed by atoms with Crippen molar-refractivity contribution in [1.82, 2.24) is 20.9 Å². The Balaban J connectivity index is 1.99. The molecule has 0 spiro atoms. The molecule has 13 heteroatoms. The number of carbonyl (C=O) groups is 5. The van der Waals surface area contributed by atoms with Gasteiger partial charge in [0.05, 0.1) is 6.04 Å². The minimum atomic E-state index is -1.32. The second-order valence-electron chi connectivity index (χ2n) is 9.08. The molecule has 38 heavy (non-hydrogen) atoms. The number of amides is 3. The predicted molar refractivity (Wildman–Crippen MR) is 139 cm³/mol. The van der Waals surface area contributed by atoms with Crippen LogP contribution in [-0.2, 0) is 30.4 Å². The first kappa shape index (κ1) is 30.3. The number of aromatic amines is 1. The number of aromatic nitrogens is 1. The van der Waals surface area contributed by atoms with E-state index in [9.17, 15) is 29.1 Å². The third-order valence-electron chi connectivity index (χ3n) is 6.04. The average Bonchev–Trinajstić information content (AvgIpc) is 3.28. The number of hydrogen-bond donors (Lipinski definition) is 8. The molecule has 0 aliphatic carbocycles. The van der Waals surface area contributed by atoms with Gasteiger partial charge in [-0.05, 0) is 57.2 Å². The quantitative estimate of drug-likeness (QED) is 0.131. The highest BCUT2D eigenvalue weighted by Gasteiger charge is 2.29. The Morgan fingerprint density at radius 2 is 1.61 bits per heavy atom. The van der Waals surface area contributed by atoms with Crippen LogP contribution in [0.4, 0.5) is 0 Å². The van der Waals surface area contributed by atoms with Gasteiger partial charge in [-0.3, -0.25) is 19.2 Å². The van der Waals surface area contributed by atoms with Crippen molar-refractivity contribution < 1.29 is 34.2 Å². The highest BCUT2D eigenvalue weighted by atomic mass is 16.4. The molecule has 0 saturated carbocycles. The number of carboxylic acid groups (broad SMARTS) is 2. The number of nitrogens with two attached hydrogens (primary N) is 2. The van der Waals surface area contributed by atoms with Gasteiger partial charge in [0.1, 0.15) is 18.1 Å². The maximum atomic E-state index is 12.8. The van der Waals surface area contributed by atoms with Crippen LogP contribution in [0.2, 0.25) is 0 Å². The van der Waals surface area contributed by atoms with E-state index in [1.807, 2.05) is 24.3 Å². The van der Waals surface area contributed by atoms with Crippen molar-refractivity contribution >= 4 is 40.6 Å². The van der Waals surface area contributed by atoms with E-state index in [-0.39, 0.29) is 19.3 Å². The van der Waals surface area contributed by atoms with Crippen molar-refractivity contribution in [2.24, 2.45) is 11.5 Å². The molecule has 1 aromatic heterocycles. The van der Waals surface area contributed by atoms with Crippen molar-refractivity contribution in [3.05, 3.63) is 36.0 Å². The van der Waals surface area contributed by atoms with Gasteiger partial charge in [0.15, 0.2) is 0 Å². The molecule has 0 bridgehead atoms. The van der Waals surface area contributed by atoms with E-state index in [2.05, 4.69) is 20.9 Å². The van der Waals surface area contributed by atoms with Gasteiger partial charge >= 0.3 is 11.9 Å². The molecular weight excluding hydrogens is 496 g/mol. The van der Waals surface area contributed by atoms with Crippen molar-refractivity contribution in [3.8, 4) is 0 Å². The number of hydrogen-bond acceptors (Lipinski definition) is 7. The number of para-hydroxylation sites is 1. The van der Waals surface area contributed by atoms with Crippen molar-refractivity contribution in [2.45, 2.75) is 69.6 Å². The SMILES string of the molecule is CC(NC(=O)C(N)Cc1c[nH]c2ccccc12)C(=O)NC(CCC(=O)O)C(=O)NC(CCCCN)C(=O)O. The van der Waals surface area contributed by atoms with Crippen LogP contribution in [0.15, 0.2) is 30.5 Å². The molecule has 1 heterocycles. The average molecular weight is 533 g/mol. The molecule has 4 atom stereocenters. The number of carboxylic acids is 2. The summed E-state index contributed by atoms with van der Waals surface area (Å²) in [5.41, 5.74) is 13.2. The number of H-pyrrole nitrogens is 1. The molecule has 0 radical (unpaired) electrons. The van der Waals surface area contributed by atoms with Crippen molar-refractivity contribution in [3.63, 3.8) is 0 Å². The molecule has 2 rings (SSSR count). The monoisotopic (exact) mass is 532 g/mol. The molecule has 1 aromatic carbocycles. The summed E-state index contributed by atoms with van der Waals surface area (Å²) in [6.07, 6.45) is 2.41. The smallest absolute Gasteiger partial charge is 0.326 e. The molecule has 0 aliphatic rings. The number of carbonyl (C=O) groups excluding carboxylic acids is 3. The van der Waals surface area contributed by atoms with E-state index in [0.717, 1.165) is 16.5 Å². The molecule has 3 amide bonds. The minimum Gasteiger partial charge on any atom is -0.481 e. The van der Waals surface area contributed by atoms with E-state index in [1.165, 1.54) is 6.92 Å². The van der Waals surface area contributed by atoms with Gasteiger partial charge in [0.2, 0.25) is 17.7 Å². The summed E-state index contributed by atoms with van der Waals surface area (Å²) >= 11 is 0. The Bertz CT molecular complexity index is 1130. The molecule has 13 nitrogen and oxygen atoms in total. The first-order chi connectivity index (χ1) is 18.0. The molecule has 4 unspecified atom stereocenters. The molecular formula is C25H36N6O7. The summed E-state index contributed by atoms with van der Waals surface area (Å²) in [6, 6.07) is 2.93. The summed E-state index contributed by atoms with van der Waals surface area (Å²) in [6.45, 7) is 1.76. The van der Waals surface area contributed by atoms with Crippen molar-refractivity contribution in [2.75, 3.05) is 6.54 Å². The Kier molecular flexibility index (Phi) is 11.7. The molecule has 0 fully saturated rings. The van der Waals surface area contributed by atoms with Crippen LogP contribution in [0.25, 0.3) is 10.9 Å². The number of fused-ring (bicyclic) bond motifs is 1. The second-order valence-corrected chi connectivity index (χ2v) is 9.08. The fraction of sp³-hybridized carbons (Fsp3) is 0.480. The Hall–Kier alpha value is -3.97. The summed E-state index contributed by atoms with van der Waals surface area (Å²) in [4.78, 5) is 63.9.